The first-order valence-corrected chi connectivity index (χ1v) is 5.70. The van der Waals surface area contributed by atoms with Gasteiger partial charge in [0.25, 0.3) is 5.56 Å². The molecule has 0 unspecified atom stereocenters. The maximum absolute atomic E-state index is 12.0. The quantitative estimate of drug-likeness (QED) is 0.635. The molecular weight excluding hydrogens is 266 g/mol. The van der Waals surface area contributed by atoms with E-state index in [4.69, 9.17) is 22.7 Å². The summed E-state index contributed by atoms with van der Waals surface area (Å²) < 4.78 is 1.17. The Bertz CT molecular complexity index is 732. The number of nitrogen functional groups attached to an aromatic ring is 1. The molecule has 0 aliphatic rings. The Hall–Kier alpha value is -2.36. The van der Waals surface area contributed by atoms with Crippen LogP contribution < -0.4 is 16.8 Å². The monoisotopic (exact) mass is 275 g/mol. The summed E-state index contributed by atoms with van der Waals surface area (Å²) in [6.07, 6.45) is 0. The molecule has 0 aliphatic carbocycles. The molecule has 2 rings (SSSR count). The number of nitrogens with one attached hydrogen (secondary N) is 1. The van der Waals surface area contributed by atoms with Crippen LogP contribution in [-0.2, 0) is 7.05 Å². The number of nitriles is 1. The molecular formula is C12H10ClN5O. The van der Waals surface area contributed by atoms with Crippen molar-refractivity contribution >= 4 is 17.5 Å². The lowest BCUT2D eigenvalue weighted by atomic mass is 10.1. The number of benzene rings is 1. The minimum Gasteiger partial charge on any atom is -0.294 e. The summed E-state index contributed by atoms with van der Waals surface area (Å²) >= 11 is 6.07. The lowest BCUT2D eigenvalue weighted by molar-refractivity contribution is 0.825. The van der Waals surface area contributed by atoms with Gasteiger partial charge in [0.15, 0.2) is 0 Å². The van der Waals surface area contributed by atoms with Gasteiger partial charge in [-0.15, -0.1) is 0 Å². The van der Waals surface area contributed by atoms with Crippen LogP contribution >= 0.6 is 11.6 Å². The Balaban J connectivity index is 2.85. The Morgan fingerprint density at radius 2 is 2.16 bits per heavy atom. The number of aromatic nitrogens is 2. The predicted octanol–water partition coefficient (Wildman–Crippen LogP) is 1.26. The molecule has 7 heteroatoms. The van der Waals surface area contributed by atoms with Crippen molar-refractivity contribution in [3.8, 4) is 17.3 Å². The van der Waals surface area contributed by atoms with Crippen molar-refractivity contribution in [2.75, 3.05) is 5.43 Å². The topological polar surface area (TPSA) is 96.7 Å². The van der Waals surface area contributed by atoms with Gasteiger partial charge in [0.05, 0.1) is 10.7 Å². The Morgan fingerprint density at radius 3 is 2.74 bits per heavy atom. The van der Waals surface area contributed by atoms with Crippen LogP contribution in [0.3, 0.4) is 0 Å². The molecule has 0 atom stereocenters. The van der Waals surface area contributed by atoms with Gasteiger partial charge in [-0.1, -0.05) is 29.8 Å². The fraction of sp³-hybridized carbons (Fsp3) is 0.0833. The summed E-state index contributed by atoms with van der Waals surface area (Å²) in [6.45, 7) is 0. The van der Waals surface area contributed by atoms with Crippen molar-refractivity contribution in [3.05, 3.63) is 45.2 Å². The van der Waals surface area contributed by atoms with Gasteiger partial charge in [0, 0.05) is 12.6 Å². The van der Waals surface area contributed by atoms with Gasteiger partial charge in [-0.3, -0.25) is 14.8 Å². The molecule has 1 aromatic carbocycles. The van der Waals surface area contributed by atoms with E-state index in [9.17, 15) is 4.79 Å². The minimum absolute atomic E-state index is 0.0744. The highest BCUT2D eigenvalue weighted by atomic mass is 35.5. The van der Waals surface area contributed by atoms with Gasteiger partial charge >= 0.3 is 0 Å². The molecule has 6 nitrogen and oxygen atoms in total. The molecule has 0 radical (unpaired) electrons. The number of nitrogens with zero attached hydrogens (tertiary/aromatic N) is 3. The molecule has 0 bridgehead atoms. The first kappa shape index (κ1) is 13.1. The normalized spacial score (nSPS) is 10.0. The third-order valence-electron chi connectivity index (χ3n) is 2.66. The number of hydrazine groups is 1. The van der Waals surface area contributed by atoms with Gasteiger partial charge in [-0.25, -0.2) is 10.8 Å². The molecule has 3 N–H and O–H groups in total. The third kappa shape index (κ3) is 2.17. The van der Waals surface area contributed by atoms with Crippen LogP contribution in [0.4, 0.5) is 5.95 Å². The van der Waals surface area contributed by atoms with E-state index < -0.39 is 5.56 Å². The second-order valence-corrected chi connectivity index (χ2v) is 4.17. The van der Waals surface area contributed by atoms with Crippen molar-refractivity contribution < 1.29 is 0 Å². The highest BCUT2D eigenvalue weighted by Gasteiger charge is 2.17. The number of halogens is 1. The maximum Gasteiger partial charge on any atom is 0.273 e. The van der Waals surface area contributed by atoms with Crippen LogP contribution in [0.1, 0.15) is 5.56 Å². The standard InChI is InChI=1S/C12H10ClN5O/c1-18-11(19)8(6-14)10(16-12(18)17-15)7-4-2-3-5-9(7)13/h2-5H,15H2,1H3,(H,16,17). The molecule has 1 heterocycles. The Morgan fingerprint density at radius 1 is 1.47 bits per heavy atom. The summed E-state index contributed by atoms with van der Waals surface area (Å²) in [4.78, 5) is 16.2. The summed E-state index contributed by atoms with van der Waals surface area (Å²) in [5.74, 6) is 5.46. The van der Waals surface area contributed by atoms with Crippen LogP contribution in [0.15, 0.2) is 29.1 Å². The molecule has 0 spiro atoms. The maximum atomic E-state index is 12.0. The molecule has 19 heavy (non-hydrogen) atoms. The predicted molar refractivity (Wildman–Crippen MR) is 72.4 cm³/mol. The fourth-order valence-electron chi connectivity index (χ4n) is 1.68. The zero-order valence-electron chi connectivity index (χ0n) is 10.0. The van der Waals surface area contributed by atoms with Crippen LogP contribution in [-0.4, -0.2) is 9.55 Å². The smallest absolute Gasteiger partial charge is 0.273 e. The number of nitrogens with two attached hydrogens (primary N) is 1. The van der Waals surface area contributed by atoms with Crippen LogP contribution in [0.5, 0.6) is 0 Å². The molecule has 2 aromatic rings. The lowest BCUT2D eigenvalue weighted by Crippen LogP contribution is -2.27. The largest absolute Gasteiger partial charge is 0.294 e. The highest BCUT2D eigenvalue weighted by molar-refractivity contribution is 6.33. The average molecular weight is 276 g/mol. The summed E-state index contributed by atoms with van der Waals surface area (Å²) in [5, 5.41) is 9.55. The third-order valence-corrected chi connectivity index (χ3v) is 2.99. The number of hydrogen-bond acceptors (Lipinski definition) is 5. The van der Waals surface area contributed by atoms with Crippen molar-refractivity contribution in [1.29, 1.82) is 5.26 Å². The molecule has 0 fully saturated rings. The molecule has 0 amide bonds. The molecule has 96 valence electrons. The van der Waals surface area contributed by atoms with Crippen molar-refractivity contribution in [1.82, 2.24) is 9.55 Å². The summed E-state index contributed by atoms with van der Waals surface area (Å²) in [5.41, 5.74) is 2.48. The first-order chi connectivity index (χ1) is 9.10. The second-order valence-electron chi connectivity index (χ2n) is 3.76. The zero-order chi connectivity index (χ0) is 14.0. The van der Waals surface area contributed by atoms with E-state index in [-0.39, 0.29) is 17.2 Å². The fourth-order valence-corrected chi connectivity index (χ4v) is 1.91. The molecule has 0 saturated carbocycles. The van der Waals surface area contributed by atoms with Crippen LogP contribution in [0, 0.1) is 11.3 Å². The van der Waals surface area contributed by atoms with Gasteiger partial charge in [0.1, 0.15) is 11.6 Å². The molecule has 0 saturated heterocycles. The van der Waals surface area contributed by atoms with Crippen molar-refractivity contribution in [2.24, 2.45) is 12.9 Å². The van der Waals surface area contributed by atoms with Gasteiger partial charge < -0.3 is 0 Å². The zero-order valence-corrected chi connectivity index (χ0v) is 10.8. The Labute approximate surface area is 114 Å². The second kappa shape index (κ2) is 5.10. The van der Waals surface area contributed by atoms with Gasteiger partial charge in [-0.2, -0.15) is 5.26 Å². The van der Waals surface area contributed by atoms with E-state index in [1.807, 2.05) is 6.07 Å². The van der Waals surface area contributed by atoms with Crippen molar-refractivity contribution in [3.63, 3.8) is 0 Å². The van der Waals surface area contributed by atoms with E-state index in [0.29, 0.717) is 10.6 Å². The minimum atomic E-state index is -0.486. The Kier molecular flexibility index (Phi) is 3.51. The van der Waals surface area contributed by atoms with Gasteiger partial charge in [-0.05, 0) is 6.07 Å². The van der Waals surface area contributed by atoms with Crippen molar-refractivity contribution in [2.45, 2.75) is 0 Å². The first-order valence-electron chi connectivity index (χ1n) is 5.32. The lowest BCUT2D eigenvalue weighted by Gasteiger charge is -2.11. The van der Waals surface area contributed by atoms with E-state index >= 15 is 0 Å². The van der Waals surface area contributed by atoms with Crippen LogP contribution in [0.25, 0.3) is 11.3 Å². The van der Waals surface area contributed by atoms with Gasteiger partial charge in [0.2, 0.25) is 5.95 Å². The molecule has 1 aromatic heterocycles. The van der Waals surface area contributed by atoms with Crippen LogP contribution in [0.2, 0.25) is 5.02 Å². The van der Waals surface area contributed by atoms with E-state index in [2.05, 4.69) is 10.4 Å². The number of hydrogen-bond donors (Lipinski definition) is 2. The number of rotatable bonds is 2. The highest BCUT2D eigenvalue weighted by Crippen LogP contribution is 2.27. The molecule has 0 aliphatic heterocycles. The SMILES string of the molecule is Cn1c(NN)nc(-c2ccccc2Cl)c(C#N)c1=O. The average Bonchev–Trinajstić information content (AvgIpc) is 2.42. The number of anilines is 1. The van der Waals surface area contributed by atoms with E-state index in [1.165, 1.54) is 11.6 Å². The van der Waals surface area contributed by atoms with E-state index in [1.54, 1.807) is 24.3 Å². The van der Waals surface area contributed by atoms with E-state index in [0.717, 1.165) is 0 Å². The summed E-state index contributed by atoms with van der Waals surface area (Å²) in [6, 6.07) is 8.70. The summed E-state index contributed by atoms with van der Waals surface area (Å²) in [7, 11) is 1.47.